The van der Waals surface area contributed by atoms with Crippen LogP contribution in [0.1, 0.15) is 45.2 Å². The number of rotatable bonds is 15. The van der Waals surface area contributed by atoms with Crippen molar-refractivity contribution in [2.45, 2.75) is 64.6 Å². The van der Waals surface area contributed by atoms with Crippen LogP contribution in [0.4, 0.5) is 5.69 Å². The van der Waals surface area contributed by atoms with E-state index in [1.54, 1.807) is 31.2 Å². The molecular formula is C33H43N3O7S. The maximum absolute atomic E-state index is 14.2. The van der Waals surface area contributed by atoms with E-state index in [-0.39, 0.29) is 34.8 Å². The van der Waals surface area contributed by atoms with Crippen molar-refractivity contribution >= 4 is 27.5 Å². The second kappa shape index (κ2) is 15.5. The third kappa shape index (κ3) is 8.43. The summed E-state index contributed by atoms with van der Waals surface area (Å²) in [5.74, 6) is 0.274. The fourth-order valence-corrected chi connectivity index (χ4v) is 5.88. The molecule has 3 rings (SSSR count). The number of nitrogens with one attached hydrogen (secondary N) is 1. The zero-order valence-corrected chi connectivity index (χ0v) is 27.3. The second-order valence-electron chi connectivity index (χ2n) is 10.5. The summed E-state index contributed by atoms with van der Waals surface area (Å²) in [6.45, 7) is 9.30. The molecule has 44 heavy (non-hydrogen) atoms. The Kier molecular flexibility index (Phi) is 12.0. The van der Waals surface area contributed by atoms with Gasteiger partial charge in [0.25, 0.3) is 10.0 Å². The number of hydrogen-bond donors (Lipinski definition) is 1. The van der Waals surface area contributed by atoms with E-state index in [0.717, 1.165) is 21.9 Å². The SMILES string of the molecule is CCOc1ccc(N(CC(=O)N(Cc2ccc(C)cc2)C(C)C(=O)NC(C)CC)S(=O)(=O)c2ccc(OC)c(OC)c2)cc1. The summed E-state index contributed by atoms with van der Waals surface area (Å²) in [6, 6.07) is 17.4. The number of methoxy groups -OCH3 is 2. The van der Waals surface area contributed by atoms with Crippen LogP contribution >= 0.6 is 0 Å². The Labute approximate surface area is 261 Å². The lowest BCUT2D eigenvalue weighted by molar-refractivity contribution is -0.139. The molecule has 238 valence electrons. The highest BCUT2D eigenvalue weighted by Gasteiger charge is 2.33. The van der Waals surface area contributed by atoms with Gasteiger partial charge in [-0.05, 0) is 76.1 Å². The number of hydrogen-bond acceptors (Lipinski definition) is 7. The van der Waals surface area contributed by atoms with Crippen molar-refractivity contribution in [1.29, 1.82) is 0 Å². The van der Waals surface area contributed by atoms with Gasteiger partial charge in [-0.15, -0.1) is 0 Å². The van der Waals surface area contributed by atoms with Crippen LogP contribution in [0.3, 0.4) is 0 Å². The molecule has 0 aliphatic heterocycles. The third-order valence-corrected chi connectivity index (χ3v) is 9.07. The van der Waals surface area contributed by atoms with Gasteiger partial charge in [0.15, 0.2) is 11.5 Å². The van der Waals surface area contributed by atoms with Crippen molar-refractivity contribution in [1.82, 2.24) is 10.2 Å². The molecule has 0 radical (unpaired) electrons. The number of amides is 2. The number of carbonyl (C=O) groups excluding carboxylic acids is 2. The molecule has 0 aliphatic carbocycles. The first-order valence-corrected chi connectivity index (χ1v) is 16.0. The Bertz CT molecular complexity index is 1510. The van der Waals surface area contributed by atoms with E-state index in [4.69, 9.17) is 14.2 Å². The van der Waals surface area contributed by atoms with Crippen LogP contribution in [0, 0.1) is 6.92 Å². The molecule has 3 aromatic rings. The van der Waals surface area contributed by atoms with Gasteiger partial charge in [0, 0.05) is 18.7 Å². The standard InChI is InChI=1S/C33H43N3O7S/c1-8-24(4)34-33(38)25(5)35(21-26-12-10-23(3)11-13-26)32(37)22-36(27-14-16-28(17-15-27)43-9-2)44(39,40)29-18-19-30(41-6)31(20-29)42-7/h10-20,24-25H,8-9,21-22H2,1-7H3,(H,34,38). The Morgan fingerprint density at radius 3 is 2.09 bits per heavy atom. The topological polar surface area (TPSA) is 114 Å². The molecule has 0 spiro atoms. The molecule has 0 bridgehead atoms. The predicted octanol–water partition coefficient (Wildman–Crippen LogP) is 4.94. The van der Waals surface area contributed by atoms with E-state index in [1.807, 2.05) is 52.0 Å². The summed E-state index contributed by atoms with van der Waals surface area (Å²) in [6.07, 6.45) is 0.722. The highest BCUT2D eigenvalue weighted by atomic mass is 32.2. The highest BCUT2D eigenvalue weighted by molar-refractivity contribution is 7.92. The number of ether oxygens (including phenoxy) is 3. The van der Waals surface area contributed by atoms with E-state index < -0.39 is 28.5 Å². The molecule has 2 atom stereocenters. The molecule has 0 saturated heterocycles. The Balaban J connectivity index is 2.07. The minimum absolute atomic E-state index is 0.0907. The number of aryl methyl sites for hydroxylation is 1. The van der Waals surface area contributed by atoms with Crippen LogP contribution < -0.4 is 23.8 Å². The van der Waals surface area contributed by atoms with Gasteiger partial charge in [0.05, 0.1) is 31.4 Å². The molecule has 0 heterocycles. The molecule has 0 aromatic heterocycles. The van der Waals surface area contributed by atoms with Gasteiger partial charge in [-0.25, -0.2) is 8.42 Å². The number of nitrogens with zero attached hydrogens (tertiary/aromatic N) is 2. The van der Waals surface area contributed by atoms with E-state index in [1.165, 1.54) is 37.3 Å². The summed E-state index contributed by atoms with van der Waals surface area (Å²) in [5.41, 5.74) is 2.11. The number of carbonyl (C=O) groups is 2. The van der Waals surface area contributed by atoms with E-state index in [0.29, 0.717) is 18.1 Å². The van der Waals surface area contributed by atoms with E-state index in [9.17, 15) is 18.0 Å². The normalized spacial score (nSPS) is 12.5. The minimum atomic E-state index is -4.30. The van der Waals surface area contributed by atoms with Crippen LogP contribution in [0.2, 0.25) is 0 Å². The Morgan fingerprint density at radius 2 is 1.52 bits per heavy atom. The first-order chi connectivity index (χ1) is 20.9. The maximum Gasteiger partial charge on any atom is 0.264 e. The monoisotopic (exact) mass is 625 g/mol. The Morgan fingerprint density at radius 1 is 0.886 bits per heavy atom. The zero-order chi connectivity index (χ0) is 32.4. The average Bonchev–Trinajstić information content (AvgIpc) is 3.02. The Hall–Kier alpha value is -4.25. The first kappa shape index (κ1) is 34.2. The number of anilines is 1. The predicted molar refractivity (Wildman–Crippen MR) is 171 cm³/mol. The molecule has 0 aliphatic rings. The lowest BCUT2D eigenvalue weighted by Gasteiger charge is -2.32. The fraction of sp³-hybridized carbons (Fsp3) is 0.394. The van der Waals surface area contributed by atoms with Crippen LogP contribution in [0.5, 0.6) is 17.2 Å². The molecular weight excluding hydrogens is 582 g/mol. The molecule has 1 N–H and O–H groups in total. The van der Waals surface area contributed by atoms with Crippen molar-refractivity contribution in [2.24, 2.45) is 0 Å². The summed E-state index contributed by atoms with van der Waals surface area (Å²) in [7, 11) is -1.43. The fourth-order valence-electron chi connectivity index (χ4n) is 4.45. The summed E-state index contributed by atoms with van der Waals surface area (Å²) in [5, 5.41) is 2.94. The van der Waals surface area contributed by atoms with Crippen LogP contribution in [-0.2, 0) is 26.2 Å². The van der Waals surface area contributed by atoms with Crippen molar-refractivity contribution < 1.29 is 32.2 Å². The maximum atomic E-state index is 14.2. The molecule has 0 fully saturated rings. The second-order valence-corrected chi connectivity index (χ2v) is 12.3. The van der Waals surface area contributed by atoms with Gasteiger partial charge in [-0.3, -0.25) is 13.9 Å². The van der Waals surface area contributed by atoms with Crippen LogP contribution in [-0.4, -0.2) is 64.6 Å². The molecule has 3 aromatic carbocycles. The lowest BCUT2D eigenvalue weighted by Crippen LogP contribution is -2.52. The summed E-state index contributed by atoms with van der Waals surface area (Å²) < 4.78 is 45.6. The molecule has 0 saturated carbocycles. The average molecular weight is 626 g/mol. The molecule has 2 unspecified atom stereocenters. The molecule has 2 amide bonds. The van der Waals surface area contributed by atoms with Crippen molar-refractivity contribution in [3.05, 3.63) is 77.9 Å². The van der Waals surface area contributed by atoms with Gasteiger partial charge in [-0.2, -0.15) is 0 Å². The first-order valence-electron chi connectivity index (χ1n) is 14.6. The zero-order valence-electron chi connectivity index (χ0n) is 26.5. The van der Waals surface area contributed by atoms with Crippen molar-refractivity contribution in [2.75, 3.05) is 31.7 Å². The van der Waals surface area contributed by atoms with Crippen molar-refractivity contribution in [3.8, 4) is 17.2 Å². The van der Waals surface area contributed by atoms with Gasteiger partial charge >= 0.3 is 0 Å². The number of sulfonamides is 1. The molecule has 11 heteroatoms. The highest BCUT2D eigenvalue weighted by Crippen LogP contribution is 2.33. The summed E-state index contributed by atoms with van der Waals surface area (Å²) in [4.78, 5) is 28.7. The van der Waals surface area contributed by atoms with Crippen LogP contribution in [0.15, 0.2) is 71.6 Å². The quantitative estimate of drug-likeness (QED) is 0.255. The minimum Gasteiger partial charge on any atom is -0.494 e. The third-order valence-electron chi connectivity index (χ3n) is 7.30. The largest absolute Gasteiger partial charge is 0.494 e. The van der Waals surface area contributed by atoms with Gasteiger partial charge < -0.3 is 24.4 Å². The van der Waals surface area contributed by atoms with Crippen molar-refractivity contribution in [3.63, 3.8) is 0 Å². The van der Waals surface area contributed by atoms with Gasteiger partial charge in [0.2, 0.25) is 11.8 Å². The van der Waals surface area contributed by atoms with E-state index in [2.05, 4.69) is 5.32 Å². The molecule has 10 nitrogen and oxygen atoms in total. The van der Waals surface area contributed by atoms with Crippen LogP contribution in [0.25, 0.3) is 0 Å². The smallest absolute Gasteiger partial charge is 0.264 e. The lowest BCUT2D eigenvalue weighted by atomic mass is 10.1. The summed E-state index contributed by atoms with van der Waals surface area (Å²) >= 11 is 0. The van der Waals surface area contributed by atoms with Gasteiger partial charge in [0.1, 0.15) is 18.3 Å². The van der Waals surface area contributed by atoms with E-state index >= 15 is 0 Å². The number of benzene rings is 3. The van der Waals surface area contributed by atoms with Gasteiger partial charge in [-0.1, -0.05) is 36.8 Å².